The number of H-pyrrole nitrogens is 1. The van der Waals surface area contributed by atoms with Crippen LogP contribution in [0.25, 0.3) is 0 Å². The Labute approximate surface area is 111 Å². The Morgan fingerprint density at radius 1 is 1.53 bits per heavy atom. The van der Waals surface area contributed by atoms with Gasteiger partial charge >= 0.3 is 0 Å². The van der Waals surface area contributed by atoms with Crippen LogP contribution in [-0.4, -0.2) is 37.2 Å². The lowest BCUT2D eigenvalue weighted by Crippen LogP contribution is -2.54. The molecule has 0 spiro atoms. The zero-order valence-corrected chi connectivity index (χ0v) is 11.2. The summed E-state index contributed by atoms with van der Waals surface area (Å²) in [4.78, 5) is 0. The van der Waals surface area contributed by atoms with E-state index < -0.39 is 0 Å². The third-order valence-electron chi connectivity index (χ3n) is 3.95. The van der Waals surface area contributed by atoms with E-state index in [0.29, 0.717) is 0 Å². The van der Waals surface area contributed by atoms with Gasteiger partial charge in [0.2, 0.25) is 0 Å². The predicted octanol–water partition coefficient (Wildman–Crippen LogP) is 0.687. The SMILES string of the molecule is Cc1n[nH]c(C)c1CN[C@H]1C[C@@H](O)[C@@H]1n1cccn1. The third-order valence-corrected chi connectivity index (χ3v) is 3.95. The molecule has 1 aliphatic rings. The molecule has 3 N–H and O–H groups in total. The minimum Gasteiger partial charge on any atom is -0.391 e. The van der Waals surface area contributed by atoms with Crippen LogP contribution in [0.3, 0.4) is 0 Å². The third kappa shape index (κ3) is 2.17. The Hall–Kier alpha value is -1.66. The minimum atomic E-state index is -0.316. The van der Waals surface area contributed by atoms with E-state index in [0.717, 1.165) is 24.4 Å². The molecule has 2 aromatic heterocycles. The van der Waals surface area contributed by atoms with Crippen molar-refractivity contribution in [1.29, 1.82) is 0 Å². The number of aryl methyl sites for hydroxylation is 2. The summed E-state index contributed by atoms with van der Waals surface area (Å²) in [6.45, 7) is 4.79. The summed E-state index contributed by atoms with van der Waals surface area (Å²) in [6.07, 6.45) is 4.09. The molecule has 3 atom stereocenters. The molecule has 0 amide bonds. The van der Waals surface area contributed by atoms with E-state index in [-0.39, 0.29) is 18.2 Å². The second kappa shape index (κ2) is 4.79. The van der Waals surface area contributed by atoms with E-state index in [1.54, 1.807) is 6.20 Å². The van der Waals surface area contributed by atoms with Gasteiger partial charge in [0.1, 0.15) is 0 Å². The molecule has 3 rings (SSSR count). The first-order valence-corrected chi connectivity index (χ1v) is 6.58. The van der Waals surface area contributed by atoms with Gasteiger partial charge in [-0.3, -0.25) is 9.78 Å². The van der Waals surface area contributed by atoms with Crippen LogP contribution in [0.15, 0.2) is 18.5 Å². The highest BCUT2D eigenvalue weighted by Gasteiger charge is 2.41. The molecule has 19 heavy (non-hydrogen) atoms. The van der Waals surface area contributed by atoms with E-state index in [1.807, 2.05) is 30.8 Å². The van der Waals surface area contributed by atoms with Gasteiger partial charge in [-0.05, 0) is 26.3 Å². The molecule has 6 heteroatoms. The van der Waals surface area contributed by atoms with E-state index >= 15 is 0 Å². The van der Waals surface area contributed by atoms with Crippen molar-refractivity contribution in [2.24, 2.45) is 0 Å². The molecule has 1 saturated carbocycles. The Morgan fingerprint density at radius 2 is 2.37 bits per heavy atom. The second-order valence-electron chi connectivity index (χ2n) is 5.18. The molecule has 0 unspecified atom stereocenters. The van der Waals surface area contributed by atoms with Crippen molar-refractivity contribution in [2.45, 2.75) is 45.0 Å². The fourth-order valence-electron chi connectivity index (χ4n) is 2.70. The quantitative estimate of drug-likeness (QED) is 0.756. The lowest BCUT2D eigenvalue weighted by Gasteiger charge is -2.42. The largest absolute Gasteiger partial charge is 0.391 e. The summed E-state index contributed by atoms with van der Waals surface area (Å²) < 4.78 is 1.83. The average molecular weight is 261 g/mol. The lowest BCUT2D eigenvalue weighted by molar-refractivity contribution is -0.00824. The standard InChI is InChI=1S/C13H19N5O/c1-8-10(9(2)17-16-8)7-14-11-6-12(19)13(11)18-5-3-4-15-18/h3-5,11-14,19H,6-7H2,1-2H3,(H,16,17)/t11-,12+,13+/m0/s1. The number of nitrogens with zero attached hydrogens (tertiary/aromatic N) is 3. The van der Waals surface area contributed by atoms with Crippen LogP contribution in [0.1, 0.15) is 29.4 Å². The first kappa shape index (κ1) is 12.4. The van der Waals surface area contributed by atoms with Crippen molar-refractivity contribution < 1.29 is 5.11 Å². The number of aromatic amines is 1. The fraction of sp³-hybridized carbons (Fsp3) is 0.538. The maximum Gasteiger partial charge on any atom is 0.0932 e. The maximum atomic E-state index is 9.90. The van der Waals surface area contributed by atoms with Gasteiger partial charge in [0.05, 0.1) is 17.8 Å². The molecular formula is C13H19N5O. The molecule has 0 aliphatic heterocycles. The van der Waals surface area contributed by atoms with Crippen LogP contribution in [0, 0.1) is 13.8 Å². The molecule has 2 aromatic rings. The van der Waals surface area contributed by atoms with Crippen molar-refractivity contribution in [3.05, 3.63) is 35.4 Å². The van der Waals surface area contributed by atoms with Gasteiger partial charge < -0.3 is 10.4 Å². The monoisotopic (exact) mass is 261 g/mol. The van der Waals surface area contributed by atoms with E-state index in [4.69, 9.17) is 0 Å². The van der Waals surface area contributed by atoms with E-state index in [1.165, 1.54) is 5.56 Å². The van der Waals surface area contributed by atoms with Crippen molar-refractivity contribution in [1.82, 2.24) is 25.3 Å². The second-order valence-corrected chi connectivity index (χ2v) is 5.18. The van der Waals surface area contributed by atoms with Gasteiger partial charge in [0.25, 0.3) is 0 Å². The van der Waals surface area contributed by atoms with Gasteiger partial charge in [0.15, 0.2) is 0 Å². The summed E-state index contributed by atoms with van der Waals surface area (Å²) >= 11 is 0. The Kier molecular flexibility index (Phi) is 3.12. The van der Waals surface area contributed by atoms with Crippen LogP contribution in [-0.2, 0) is 6.54 Å². The van der Waals surface area contributed by atoms with Crippen molar-refractivity contribution in [3.63, 3.8) is 0 Å². The molecule has 6 nitrogen and oxygen atoms in total. The first-order valence-electron chi connectivity index (χ1n) is 6.58. The van der Waals surface area contributed by atoms with Gasteiger partial charge in [-0.25, -0.2) is 0 Å². The number of aliphatic hydroxyl groups excluding tert-OH is 1. The molecule has 1 fully saturated rings. The number of rotatable bonds is 4. The van der Waals surface area contributed by atoms with Gasteiger partial charge in [-0.15, -0.1) is 0 Å². The normalized spacial score (nSPS) is 26.4. The molecule has 1 aliphatic carbocycles. The van der Waals surface area contributed by atoms with Crippen molar-refractivity contribution in [3.8, 4) is 0 Å². The topological polar surface area (TPSA) is 78.8 Å². The molecule has 0 saturated heterocycles. The number of hydrogen-bond donors (Lipinski definition) is 3. The molecule has 102 valence electrons. The molecular weight excluding hydrogens is 242 g/mol. The molecule has 0 radical (unpaired) electrons. The summed E-state index contributed by atoms with van der Waals surface area (Å²) in [5.74, 6) is 0. The average Bonchev–Trinajstić information content (AvgIpc) is 2.97. The number of aliphatic hydroxyl groups is 1. The fourth-order valence-corrected chi connectivity index (χ4v) is 2.70. The summed E-state index contributed by atoms with van der Waals surface area (Å²) in [5, 5.41) is 24.8. The van der Waals surface area contributed by atoms with Crippen molar-refractivity contribution in [2.75, 3.05) is 0 Å². The highest BCUT2D eigenvalue weighted by molar-refractivity contribution is 5.23. The first-order chi connectivity index (χ1) is 9.16. The molecule has 2 heterocycles. The molecule has 0 bridgehead atoms. The summed E-state index contributed by atoms with van der Waals surface area (Å²) in [6, 6.07) is 2.16. The Balaban J connectivity index is 1.65. The summed E-state index contributed by atoms with van der Waals surface area (Å²) in [5.41, 5.74) is 3.33. The Morgan fingerprint density at radius 3 is 2.95 bits per heavy atom. The van der Waals surface area contributed by atoms with Crippen molar-refractivity contribution >= 4 is 0 Å². The smallest absolute Gasteiger partial charge is 0.0932 e. The predicted molar refractivity (Wildman–Crippen MR) is 70.6 cm³/mol. The van der Waals surface area contributed by atoms with Crippen LogP contribution in [0.5, 0.6) is 0 Å². The zero-order chi connectivity index (χ0) is 13.4. The van der Waals surface area contributed by atoms with Crippen LogP contribution in [0.4, 0.5) is 0 Å². The van der Waals surface area contributed by atoms with Crippen LogP contribution >= 0.6 is 0 Å². The van der Waals surface area contributed by atoms with Crippen LogP contribution in [0.2, 0.25) is 0 Å². The summed E-state index contributed by atoms with van der Waals surface area (Å²) in [7, 11) is 0. The minimum absolute atomic E-state index is 0.0301. The van der Waals surface area contributed by atoms with Crippen LogP contribution < -0.4 is 5.32 Å². The highest BCUT2D eigenvalue weighted by Crippen LogP contribution is 2.32. The Bertz CT molecular complexity index is 528. The van der Waals surface area contributed by atoms with Gasteiger partial charge in [-0.1, -0.05) is 0 Å². The maximum absolute atomic E-state index is 9.90. The zero-order valence-electron chi connectivity index (χ0n) is 11.2. The van der Waals surface area contributed by atoms with E-state index in [9.17, 15) is 5.11 Å². The van der Waals surface area contributed by atoms with Gasteiger partial charge in [-0.2, -0.15) is 10.2 Å². The molecule has 0 aromatic carbocycles. The number of aromatic nitrogens is 4. The van der Waals surface area contributed by atoms with E-state index in [2.05, 4.69) is 20.6 Å². The number of nitrogens with one attached hydrogen (secondary N) is 2. The van der Waals surface area contributed by atoms with Gasteiger partial charge in [0, 0.05) is 36.2 Å². The highest BCUT2D eigenvalue weighted by atomic mass is 16.3. The number of hydrogen-bond acceptors (Lipinski definition) is 4. The lowest BCUT2D eigenvalue weighted by atomic mass is 9.83.